The number of likely N-dealkylation sites (tertiary alicyclic amines) is 1. The number of aryl methyl sites for hydroxylation is 2. The van der Waals surface area contributed by atoms with Crippen LogP contribution in [-0.4, -0.2) is 34.6 Å². The van der Waals surface area contributed by atoms with Gasteiger partial charge in [0.2, 0.25) is 5.91 Å². The number of hydrogen-bond donors (Lipinski definition) is 1. The molecule has 2 aliphatic rings. The standard InChI is InChI=1S/C17H23NO2/c1-2-13-3-5-14(6-4-13)7-10-16(19)18-11-17(20,12-18)15-8-9-15/h3-6,15,20H,2,7-12H2,1H3. The zero-order chi connectivity index (χ0) is 14.2. The molecule has 2 fully saturated rings. The summed E-state index contributed by atoms with van der Waals surface area (Å²) in [5, 5.41) is 10.2. The van der Waals surface area contributed by atoms with E-state index < -0.39 is 5.60 Å². The van der Waals surface area contributed by atoms with E-state index in [4.69, 9.17) is 0 Å². The van der Waals surface area contributed by atoms with E-state index in [0.29, 0.717) is 25.4 Å². The largest absolute Gasteiger partial charge is 0.386 e. The van der Waals surface area contributed by atoms with Crippen molar-refractivity contribution in [2.45, 2.75) is 44.6 Å². The van der Waals surface area contributed by atoms with Crippen molar-refractivity contribution < 1.29 is 9.90 Å². The number of benzene rings is 1. The molecule has 1 heterocycles. The van der Waals surface area contributed by atoms with Gasteiger partial charge in [-0.05, 0) is 42.7 Å². The van der Waals surface area contributed by atoms with Crippen LogP contribution < -0.4 is 0 Å². The summed E-state index contributed by atoms with van der Waals surface area (Å²) in [7, 11) is 0. The first-order chi connectivity index (χ1) is 9.60. The van der Waals surface area contributed by atoms with Crippen molar-refractivity contribution in [2.75, 3.05) is 13.1 Å². The molecule has 1 aromatic carbocycles. The maximum atomic E-state index is 12.1. The van der Waals surface area contributed by atoms with Gasteiger partial charge in [0.1, 0.15) is 5.60 Å². The molecule has 1 amide bonds. The highest BCUT2D eigenvalue weighted by Gasteiger charge is 2.52. The van der Waals surface area contributed by atoms with Crippen LogP contribution in [0.1, 0.15) is 37.3 Å². The molecule has 0 aromatic heterocycles. The molecule has 1 saturated heterocycles. The van der Waals surface area contributed by atoms with Crippen LogP contribution in [0.3, 0.4) is 0 Å². The monoisotopic (exact) mass is 273 g/mol. The SMILES string of the molecule is CCc1ccc(CCC(=O)N2CC(O)(C3CC3)C2)cc1. The van der Waals surface area contributed by atoms with Gasteiger partial charge in [0.25, 0.3) is 0 Å². The average molecular weight is 273 g/mol. The predicted molar refractivity (Wildman–Crippen MR) is 78.4 cm³/mol. The third-order valence-electron chi connectivity index (χ3n) is 4.68. The van der Waals surface area contributed by atoms with Crippen molar-refractivity contribution in [2.24, 2.45) is 5.92 Å². The zero-order valence-electron chi connectivity index (χ0n) is 12.1. The van der Waals surface area contributed by atoms with Crippen molar-refractivity contribution in [3.05, 3.63) is 35.4 Å². The number of hydrogen-bond acceptors (Lipinski definition) is 2. The Balaban J connectivity index is 1.45. The van der Waals surface area contributed by atoms with Crippen molar-refractivity contribution in [3.63, 3.8) is 0 Å². The number of aliphatic hydroxyl groups is 1. The van der Waals surface area contributed by atoms with E-state index in [2.05, 4.69) is 31.2 Å². The lowest BCUT2D eigenvalue weighted by Crippen LogP contribution is -2.64. The molecule has 1 saturated carbocycles. The fraction of sp³-hybridized carbons (Fsp3) is 0.588. The number of β-amino-alcohol motifs (C(OH)–C–C–N with tert-alkyl or cyclic N) is 1. The smallest absolute Gasteiger partial charge is 0.223 e. The maximum Gasteiger partial charge on any atom is 0.223 e. The highest BCUT2D eigenvalue weighted by molar-refractivity contribution is 5.77. The Morgan fingerprint density at radius 1 is 1.25 bits per heavy atom. The van der Waals surface area contributed by atoms with Gasteiger partial charge >= 0.3 is 0 Å². The van der Waals surface area contributed by atoms with Crippen LogP contribution >= 0.6 is 0 Å². The molecule has 1 aliphatic carbocycles. The summed E-state index contributed by atoms with van der Waals surface area (Å²) in [4.78, 5) is 13.9. The minimum Gasteiger partial charge on any atom is -0.386 e. The highest BCUT2D eigenvalue weighted by atomic mass is 16.3. The van der Waals surface area contributed by atoms with Gasteiger partial charge in [-0.25, -0.2) is 0 Å². The van der Waals surface area contributed by atoms with Crippen LogP contribution in [-0.2, 0) is 17.6 Å². The van der Waals surface area contributed by atoms with Gasteiger partial charge < -0.3 is 10.0 Å². The fourth-order valence-corrected chi connectivity index (χ4v) is 3.02. The number of rotatable bonds is 5. The van der Waals surface area contributed by atoms with Gasteiger partial charge in [-0.1, -0.05) is 31.2 Å². The van der Waals surface area contributed by atoms with Crippen LogP contribution in [0.5, 0.6) is 0 Å². The third kappa shape index (κ3) is 2.73. The molecule has 1 aromatic rings. The first-order valence-corrected chi connectivity index (χ1v) is 7.69. The summed E-state index contributed by atoms with van der Waals surface area (Å²) in [5.41, 5.74) is 1.99. The van der Waals surface area contributed by atoms with Crippen molar-refractivity contribution in [1.82, 2.24) is 4.90 Å². The second kappa shape index (κ2) is 5.21. The average Bonchev–Trinajstić information content (AvgIpc) is 3.26. The summed E-state index contributed by atoms with van der Waals surface area (Å²) in [6.45, 7) is 3.24. The summed E-state index contributed by atoms with van der Waals surface area (Å²) in [6, 6.07) is 8.50. The minimum atomic E-state index is -0.557. The third-order valence-corrected chi connectivity index (χ3v) is 4.68. The van der Waals surface area contributed by atoms with E-state index in [1.807, 2.05) is 0 Å². The molecule has 3 heteroatoms. The second-order valence-corrected chi connectivity index (χ2v) is 6.30. The molecule has 108 valence electrons. The lowest BCUT2D eigenvalue weighted by Gasteiger charge is -2.47. The van der Waals surface area contributed by atoms with Crippen LogP contribution in [0.4, 0.5) is 0 Å². The molecule has 1 N–H and O–H groups in total. The van der Waals surface area contributed by atoms with E-state index >= 15 is 0 Å². The maximum absolute atomic E-state index is 12.1. The molecule has 3 nitrogen and oxygen atoms in total. The van der Waals surface area contributed by atoms with Gasteiger partial charge in [-0.15, -0.1) is 0 Å². The Morgan fingerprint density at radius 3 is 2.40 bits per heavy atom. The van der Waals surface area contributed by atoms with Crippen molar-refractivity contribution in [1.29, 1.82) is 0 Å². The van der Waals surface area contributed by atoms with E-state index in [-0.39, 0.29) is 5.91 Å². The topological polar surface area (TPSA) is 40.5 Å². The molecular formula is C17H23NO2. The Kier molecular flexibility index (Phi) is 3.55. The Morgan fingerprint density at radius 2 is 1.85 bits per heavy atom. The van der Waals surface area contributed by atoms with Gasteiger partial charge in [-0.3, -0.25) is 4.79 Å². The van der Waals surface area contributed by atoms with Crippen molar-refractivity contribution >= 4 is 5.91 Å². The predicted octanol–water partition coefficient (Wildman–Crippen LogP) is 2.16. The summed E-state index contributed by atoms with van der Waals surface area (Å²) in [6.07, 6.45) is 4.64. The molecule has 0 spiro atoms. The van der Waals surface area contributed by atoms with E-state index in [1.54, 1.807) is 4.90 Å². The van der Waals surface area contributed by atoms with Gasteiger partial charge in [-0.2, -0.15) is 0 Å². The Labute approximate surface area is 120 Å². The molecule has 1 aliphatic heterocycles. The van der Waals surface area contributed by atoms with E-state index in [0.717, 1.165) is 25.7 Å². The van der Waals surface area contributed by atoms with E-state index in [1.165, 1.54) is 11.1 Å². The number of carbonyl (C=O) groups excluding carboxylic acids is 1. The lowest BCUT2D eigenvalue weighted by atomic mass is 9.88. The van der Waals surface area contributed by atoms with Gasteiger partial charge in [0, 0.05) is 6.42 Å². The molecule has 3 rings (SSSR count). The van der Waals surface area contributed by atoms with Gasteiger partial charge in [0.15, 0.2) is 0 Å². The lowest BCUT2D eigenvalue weighted by molar-refractivity contribution is -0.159. The second-order valence-electron chi connectivity index (χ2n) is 6.30. The summed E-state index contributed by atoms with van der Waals surface area (Å²) >= 11 is 0. The molecule has 20 heavy (non-hydrogen) atoms. The van der Waals surface area contributed by atoms with Crippen LogP contribution in [0, 0.1) is 5.92 Å². The molecule has 0 radical (unpaired) electrons. The normalized spacial score (nSPS) is 20.6. The first-order valence-electron chi connectivity index (χ1n) is 7.69. The number of nitrogens with zero attached hydrogens (tertiary/aromatic N) is 1. The highest BCUT2D eigenvalue weighted by Crippen LogP contribution is 2.44. The minimum absolute atomic E-state index is 0.176. The molecule has 0 bridgehead atoms. The molecular weight excluding hydrogens is 250 g/mol. The van der Waals surface area contributed by atoms with Crippen LogP contribution in [0.25, 0.3) is 0 Å². The zero-order valence-corrected chi connectivity index (χ0v) is 12.1. The quantitative estimate of drug-likeness (QED) is 0.893. The van der Waals surface area contributed by atoms with E-state index in [9.17, 15) is 9.90 Å². The fourth-order valence-electron chi connectivity index (χ4n) is 3.02. The molecule has 0 atom stereocenters. The number of carbonyl (C=O) groups is 1. The molecule has 0 unspecified atom stereocenters. The Bertz CT molecular complexity index is 484. The summed E-state index contributed by atoms with van der Waals surface area (Å²) < 4.78 is 0. The Hall–Kier alpha value is -1.35. The number of amides is 1. The summed E-state index contributed by atoms with van der Waals surface area (Å²) in [5.74, 6) is 0.628. The first kappa shape index (κ1) is 13.6. The van der Waals surface area contributed by atoms with Crippen molar-refractivity contribution in [3.8, 4) is 0 Å². The van der Waals surface area contributed by atoms with Crippen LogP contribution in [0.2, 0.25) is 0 Å². The van der Waals surface area contributed by atoms with Gasteiger partial charge in [0.05, 0.1) is 13.1 Å². The van der Waals surface area contributed by atoms with Crippen LogP contribution in [0.15, 0.2) is 24.3 Å².